The average molecular weight is 344 g/mol. The first-order valence-electron chi connectivity index (χ1n) is 10.2. The van der Waals surface area contributed by atoms with Crippen molar-refractivity contribution in [2.24, 2.45) is 0 Å². The second kappa shape index (κ2) is 8.41. The molecule has 25 heavy (non-hydrogen) atoms. The molecule has 2 saturated heterocycles. The van der Waals surface area contributed by atoms with Gasteiger partial charge in [0.05, 0.1) is 0 Å². The number of ether oxygens (including phenoxy) is 2. The molecule has 2 atom stereocenters. The van der Waals surface area contributed by atoms with Crippen molar-refractivity contribution in [2.75, 3.05) is 39.3 Å². The summed E-state index contributed by atoms with van der Waals surface area (Å²) in [7, 11) is 0. The van der Waals surface area contributed by atoms with Gasteiger partial charge in [-0.2, -0.15) is 0 Å². The molecule has 0 aromatic heterocycles. The van der Waals surface area contributed by atoms with E-state index in [0.29, 0.717) is 6.61 Å². The third-order valence-corrected chi connectivity index (χ3v) is 5.92. The summed E-state index contributed by atoms with van der Waals surface area (Å²) in [5, 5.41) is 0. The Balaban J connectivity index is 1.31. The van der Waals surface area contributed by atoms with Crippen molar-refractivity contribution in [1.82, 2.24) is 9.80 Å². The number of hydrogen-bond donors (Lipinski definition) is 0. The van der Waals surface area contributed by atoms with Gasteiger partial charge < -0.3 is 9.47 Å². The van der Waals surface area contributed by atoms with Crippen LogP contribution in [0.2, 0.25) is 0 Å². The summed E-state index contributed by atoms with van der Waals surface area (Å²) in [5.74, 6) is 1.78. The van der Waals surface area contributed by atoms with Gasteiger partial charge in [0.25, 0.3) is 0 Å². The van der Waals surface area contributed by atoms with Gasteiger partial charge in [0.1, 0.15) is 12.7 Å². The fraction of sp³-hybridized carbons (Fsp3) is 0.714. The molecular formula is C21H32N2O2. The molecule has 2 fully saturated rings. The van der Waals surface area contributed by atoms with Crippen LogP contribution in [0.1, 0.15) is 44.9 Å². The highest BCUT2D eigenvalue weighted by atomic mass is 16.6. The highest BCUT2D eigenvalue weighted by Crippen LogP contribution is 2.31. The van der Waals surface area contributed by atoms with Crippen molar-refractivity contribution in [1.29, 1.82) is 0 Å². The van der Waals surface area contributed by atoms with Gasteiger partial charge in [0.15, 0.2) is 11.5 Å². The standard InChI is InChI=1S/C21H32N2O2/c1-2-6-13-23(14-7-3-1)18-9-8-12-22(15-18)16-19-17-24-20-10-4-5-11-21(20)25-19/h4-5,10-11,18-19H,1-3,6-9,12-17H2. The van der Waals surface area contributed by atoms with E-state index in [9.17, 15) is 0 Å². The zero-order valence-electron chi connectivity index (χ0n) is 15.4. The van der Waals surface area contributed by atoms with Gasteiger partial charge in [-0.15, -0.1) is 0 Å². The summed E-state index contributed by atoms with van der Waals surface area (Å²) in [5.41, 5.74) is 0. The van der Waals surface area contributed by atoms with Gasteiger partial charge in [0, 0.05) is 19.1 Å². The van der Waals surface area contributed by atoms with E-state index >= 15 is 0 Å². The van der Waals surface area contributed by atoms with Crippen LogP contribution in [0.5, 0.6) is 11.5 Å². The summed E-state index contributed by atoms with van der Waals surface area (Å²) in [6.07, 6.45) is 9.86. The highest BCUT2D eigenvalue weighted by Gasteiger charge is 2.29. The zero-order chi connectivity index (χ0) is 16.9. The van der Waals surface area contributed by atoms with Crippen LogP contribution in [0.25, 0.3) is 0 Å². The third kappa shape index (κ3) is 4.48. The molecule has 4 heteroatoms. The lowest BCUT2D eigenvalue weighted by atomic mass is 10.0. The second-order valence-corrected chi connectivity index (χ2v) is 7.86. The van der Waals surface area contributed by atoms with Gasteiger partial charge in [-0.3, -0.25) is 9.80 Å². The number of rotatable bonds is 3. The van der Waals surface area contributed by atoms with Gasteiger partial charge in [-0.1, -0.05) is 31.4 Å². The minimum absolute atomic E-state index is 0.154. The molecule has 0 bridgehead atoms. The quantitative estimate of drug-likeness (QED) is 0.837. The van der Waals surface area contributed by atoms with E-state index in [1.165, 1.54) is 71.1 Å². The van der Waals surface area contributed by atoms with Gasteiger partial charge >= 0.3 is 0 Å². The fourth-order valence-corrected chi connectivity index (χ4v) is 4.57. The van der Waals surface area contributed by atoms with Crippen LogP contribution in [0.4, 0.5) is 0 Å². The predicted octanol–water partition coefficient (Wildman–Crippen LogP) is 3.56. The summed E-state index contributed by atoms with van der Waals surface area (Å²) in [6.45, 7) is 6.65. The van der Waals surface area contributed by atoms with E-state index in [0.717, 1.165) is 24.1 Å². The first-order valence-corrected chi connectivity index (χ1v) is 10.2. The lowest BCUT2D eigenvalue weighted by Crippen LogP contribution is -2.51. The Morgan fingerprint density at radius 3 is 2.48 bits per heavy atom. The van der Waals surface area contributed by atoms with Crippen LogP contribution in [-0.2, 0) is 0 Å². The fourth-order valence-electron chi connectivity index (χ4n) is 4.57. The van der Waals surface area contributed by atoms with E-state index in [-0.39, 0.29) is 6.10 Å². The lowest BCUT2D eigenvalue weighted by molar-refractivity contribution is 0.0313. The summed E-state index contributed by atoms with van der Waals surface area (Å²) in [6, 6.07) is 8.76. The summed E-state index contributed by atoms with van der Waals surface area (Å²) in [4.78, 5) is 5.38. The zero-order valence-corrected chi connectivity index (χ0v) is 15.4. The first-order chi connectivity index (χ1) is 12.4. The summed E-state index contributed by atoms with van der Waals surface area (Å²) >= 11 is 0. The Hall–Kier alpha value is -1.26. The number of benzene rings is 1. The molecule has 1 aromatic carbocycles. The topological polar surface area (TPSA) is 24.9 Å². The third-order valence-electron chi connectivity index (χ3n) is 5.92. The van der Waals surface area contributed by atoms with E-state index in [2.05, 4.69) is 9.80 Å². The minimum atomic E-state index is 0.154. The normalized spacial score (nSPS) is 29.0. The molecule has 3 heterocycles. The maximum atomic E-state index is 6.17. The van der Waals surface area contributed by atoms with Crippen molar-refractivity contribution in [3.8, 4) is 11.5 Å². The van der Waals surface area contributed by atoms with Gasteiger partial charge in [-0.25, -0.2) is 0 Å². The molecule has 0 spiro atoms. The van der Waals surface area contributed by atoms with Gasteiger partial charge in [-0.05, 0) is 57.5 Å². The number of hydrogen-bond acceptors (Lipinski definition) is 4. The Morgan fingerprint density at radius 1 is 0.880 bits per heavy atom. The molecule has 0 amide bonds. The maximum Gasteiger partial charge on any atom is 0.161 e. The van der Waals surface area contributed by atoms with Crippen LogP contribution < -0.4 is 9.47 Å². The van der Waals surface area contributed by atoms with Crippen LogP contribution >= 0.6 is 0 Å². The predicted molar refractivity (Wildman–Crippen MR) is 100 cm³/mol. The molecule has 1 aromatic rings. The van der Waals surface area contributed by atoms with Crippen LogP contribution in [0.15, 0.2) is 24.3 Å². The monoisotopic (exact) mass is 344 g/mol. The Labute approximate surface area is 152 Å². The molecule has 4 nitrogen and oxygen atoms in total. The molecule has 0 saturated carbocycles. The number of nitrogens with zero attached hydrogens (tertiary/aromatic N) is 2. The number of likely N-dealkylation sites (tertiary alicyclic amines) is 2. The minimum Gasteiger partial charge on any atom is -0.486 e. The molecule has 0 radical (unpaired) electrons. The maximum absolute atomic E-state index is 6.17. The smallest absolute Gasteiger partial charge is 0.161 e. The van der Waals surface area contributed by atoms with Crippen molar-refractivity contribution in [3.63, 3.8) is 0 Å². The van der Waals surface area contributed by atoms with Crippen molar-refractivity contribution < 1.29 is 9.47 Å². The van der Waals surface area contributed by atoms with E-state index in [4.69, 9.17) is 9.47 Å². The molecular weight excluding hydrogens is 312 g/mol. The highest BCUT2D eigenvalue weighted by molar-refractivity contribution is 5.40. The molecule has 0 N–H and O–H groups in total. The Bertz CT molecular complexity index is 542. The molecule has 3 aliphatic heterocycles. The largest absolute Gasteiger partial charge is 0.486 e. The molecule has 3 aliphatic rings. The number of piperidine rings is 1. The van der Waals surface area contributed by atoms with Crippen molar-refractivity contribution >= 4 is 0 Å². The van der Waals surface area contributed by atoms with E-state index in [1.807, 2.05) is 24.3 Å². The van der Waals surface area contributed by atoms with Crippen LogP contribution in [0, 0.1) is 0 Å². The van der Waals surface area contributed by atoms with Gasteiger partial charge in [0.2, 0.25) is 0 Å². The Morgan fingerprint density at radius 2 is 1.64 bits per heavy atom. The lowest BCUT2D eigenvalue weighted by Gasteiger charge is -2.41. The second-order valence-electron chi connectivity index (χ2n) is 7.86. The van der Waals surface area contributed by atoms with Crippen LogP contribution in [-0.4, -0.2) is 61.3 Å². The van der Waals surface area contributed by atoms with E-state index < -0.39 is 0 Å². The molecule has 0 aliphatic carbocycles. The number of para-hydroxylation sites is 2. The number of fused-ring (bicyclic) bond motifs is 1. The molecule has 4 rings (SSSR count). The molecule has 138 valence electrons. The summed E-state index contributed by atoms with van der Waals surface area (Å²) < 4.78 is 12.1. The van der Waals surface area contributed by atoms with Crippen molar-refractivity contribution in [2.45, 2.75) is 57.1 Å². The SMILES string of the molecule is c1ccc2c(c1)OCC(CN1CCCC(N3CCCCCCC3)C1)O2. The van der Waals surface area contributed by atoms with Crippen LogP contribution in [0.3, 0.4) is 0 Å². The van der Waals surface area contributed by atoms with E-state index in [1.54, 1.807) is 0 Å². The molecule has 2 unspecified atom stereocenters. The Kier molecular flexibility index (Phi) is 5.78. The first kappa shape index (κ1) is 17.2. The van der Waals surface area contributed by atoms with Crippen molar-refractivity contribution in [3.05, 3.63) is 24.3 Å². The average Bonchev–Trinajstić information content (AvgIpc) is 2.62.